The van der Waals surface area contributed by atoms with Crippen LogP contribution in [0.3, 0.4) is 0 Å². The van der Waals surface area contributed by atoms with Crippen LogP contribution in [-0.4, -0.2) is 13.4 Å². The Bertz CT molecular complexity index is 38.5. The van der Waals surface area contributed by atoms with E-state index in [0.29, 0.717) is 0 Å². The van der Waals surface area contributed by atoms with Crippen molar-refractivity contribution in [2.45, 2.75) is 13.1 Å². The molecule has 0 amide bonds. The van der Waals surface area contributed by atoms with E-state index in [1.165, 1.54) is 0 Å². The third-order valence-corrected chi connectivity index (χ3v) is 1.06. The van der Waals surface area contributed by atoms with Crippen molar-refractivity contribution in [3.05, 3.63) is 7.11 Å². The lowest BCUT2D eigenvalue weighted by atomic mass is 11.8. The Morgan fingerprint density at radius 2 is 1.83 bits per heavy atom. The van der Waals surface area contributed by atoms with Crippen molar-refractivity contribution in [3.63, 3.8) is 0 Å². The third-order valence-electron chi connectivity index (χ3n) is 0.353. The molecule has 0 aromatic heterocycles. The van der Waals surface area contributed by atoms with Crippen LogP contribution in [0.1, 0.15) is 0 Å². The molecule has 1 N–H and O–H groups in total. The molecule has 0 unspecified atom stereocenters. The minimum absolute atomic E-state index is 1.65. The van der Waals surface area contributed by atoms with E-state index in [1.807, 2.05) is 0 Å². The zero-order valence-electron chi connectivity index (χ0n) is 4.06. The standard InChI is InChI=1S/C3H9O2Si/c1-5-6(2,3)4/h4H,1H2,2-3H3/q+1. The molecular formula is C3H9O2Si+. The first-order valence-electron chi connectivity index (χ1n) is 1.72. The van der Waals surface area contributed by atoms with Crippen LogP contribution in [0, 0.1) is 7.11 Å². The maximum atomic E-state index is 8.68. The molecule has 0 spiro atoms. The monoisotopic (exact) mass is 105 g/mol. The fourth-order valence-corrected chi connectivity index (χ4v) is 0. The summed E-state index contributed by atoms with van der Waals surface area (Å²) in [5.74, 6) is 0. The predicted molar refractivity (Wildman–Crippen MR) is 26.1 cm³/mol. The lowest BCUT2D eigenvalue weighted by molar-refractivity contribution is 0.341. The Labute approximate surface area is 39.0 Å². The molecule has 0 aliphatic carbocycles. The highest BCUT2D eigenvalue weighted by atomic mass is 28.4. The van der Waals surface area contributed by atoms with Gasteiger partial charge in [0.1, 0.15) is 0 Å². The van der Waals surface area contributed by atoms with Gasteiger partial charge in [0, 0.05) is 0 Å². The highest BCUT2D eigenvalue weighted by Crippen LogP contribution is 1.93. The third kappa shape index (κ3) is 4.01. The van der Waals surface area contributed by atoms with Crippen molar-refractivity contribution >= 4 is 8.56 Å². The van der Waals surface area contributed by atoms with Crippen LogP contribution in [0.4, 0.5) is 0 Å². The maximum absolute atomic E-state index is 8.68. The molecular weight excluding hydrogens is 96.1 g/mol. The molecule has 3 heteroatoms. The smallest absolute Gasteiger partial charge is 0.389 e. The van der Waals surface area contributed by atoms with Crippen molar-refractivity contribution in [1.29, 1.82) is 0 Å². The first kappa shape index (κ1) is 6.01. The Balaban J connectivity index is 3.17. The van der Waals surface area contributed by atoms with E-state index in [1.54, 1.807) is 13.1 Å². The second kappa shape index (κ2) is 1.64. The molecule has 36 valence electrons. The Hall–Kier alpha value is 0.00688. The summed E-state index contributed by atoms with van der Waals surface area (Å²) in [4.78, 5) is 8.68. The summed E-state index contributed by atoms with van der Waals surface area (Å²) >= 11 is 0. The summed E-state index contributed by atoms with van der Waals surface area (Å²) in [5, 5.41) is 0. The average Bonchev–Trinajstić information content (AvgIpc) is 1.35. The zero-order chi connectivity index (χ0) is 5.21. The van der Waals surface area contributed by atoms with E-state index in [-0.39, 0.29) is 0 Å². The van der Waals surface area contributed by atoms with Gasteiger partial charge in [0.25, 0.3) is 0 Å². The lowest BCUT2D eigenvalue weighted by Crippen LogP contribution is -2.26. The second-order valence-corrected chi connectivity index (χ2v) is 4.77. The van der Waals surface area contributed by atoms with E-state index < -0.39 is 8.56 Å². The number of rotatable bonds is 1. The predicted octanol–water partition coefficient (Wildman–Crippen LogP) is 0.489. The summed E-state index contributed by atoms with van der Waals surface area (Å²) in [6.07, 6.45) is 0. The molecule has 0 rings (SSSR count). The topological polar surface area (TPSA) is 29.5 Å². The van der Waals surface area contributed by atoms with E-state index >= 15 is 0 Å². The molecule has 0 aromatic carbocycles. The van der Waals surface area contributed by atoms with Gasteiger partial charge in [0.05, 0.1) is 0 Å². The van der Waals surface area contributed by atoms with Crippen LogP contribution in [0.5, 0.6) is 0 Å². The van der Waals surface area contributed by atoms with Crippen molar-refractivity contribution in [2.75, 3.05) is 0 Å². The van der Waals surface area contributed by atoms with Crippen LogP contribution in [0.15, 0.2) is 0 Å². The summed E-state index contributed by atoms with van der Waals surface area (Å²) in [6, 6.07) is 0. The SMILES string of the molecule is [CH2+]O[Si](C)(C)O. The summed E-state index contributed by atoms with van der Waals surface area (Å²) in [6.45, 7) is 3.31. The summed E-state index contributed by atoms with van der Waals surface area (Å²) in [7, 11) is 0.826. The van der Waals surface area contributed by atoms with E-state index in [9.17, 15) is 0 Å². The molecule has 2 nitrogen and oxygen atoms in total. The van der Waals surface area contributed by atoms with E-state index in [4.69, 9.17) is 4.80 Å². The molecule has 0 aliphatic rings. The molecule has 0 bridgehead atoms. The maximum Gasteiger partial charge on any atom is 0.389 e. The quantitative estimate of drug-likeness (QED) is 0.388. The van der Waals surface area contributed by atoms with Gasteiger partial charge >= 0.3 is 8.56 Å². The molecule has 0 aromatic rings. The Morgan fingerprint density at radius 3 is 1.83 bits per heavy atom. The van der Waals surface area contributed by atoms with Gasteiger partial charge in [-0.1, -0.05) is 0 Å². The molecule has 0 saturated carbocycles. The summed E-state index contributed by atoms with van der Waals surface area (Å²) < 4.78 is 4.38. The van der Waals surface area contributed by atoms with Gasteiger partial charge in [0.2, 0.25) is 7.11 Å². The highest BCUT2D eigenvalue weighted by Gasteiger charge is 2.20. The molecule has 0 radical (unpaired) electrons. The second-order valence-electron chi connectivity index (χ2n) is 1.59. The van der Waals surface area contributed by atoms with Crippen molar-refractivity contribution in [1.82, 2.24) is 0 Å². The minimum atomic E-state index is -2.24. The number of hydrogen-bond acceptors (Lipinski definition) is 2. The average molecular weight is 105 g/mol. The van der Waals surface area contributed by atoms with Crippen LogP contribution in [-0.2, 0) is 4.43 Å². The van der Waals surface area contributed by atoms with E-state index in [2.05, 4.69) is 11.5 Å². The normalized spacial score (nSPS) is 11.8. The van der Waals surface area contributed by atoms with Crippen molar-refractivity contribution in [2.24, 2.45) is 0 Å². The minimum Gasteiger partial charge on any atom is -0.408 e. The Kier molecular flexibility index (Phi) is 1.64. The molecule has 0 aliphatic heterocycles. The Morgan fingerprint density at radius 1 is 1.67 bits per heavy atom. The van der Waals surface area contributed by atoms with Crippen LogP contribution < -0.4 is 0 Å². The van der Waals surface area contributed by atoms with Crippen LogP contribution in [0.25, 0.3) is 0 Å². The fraction of sp³-hybridized carbons (Fsp3) is 0.667. The van der Waals surface area contributed by atoms with Gasteiger partial charge in [-0.3, -0.25) is 0 Å². The van der Waals surface area contributed by atoms with Crippen LogP contribution in [0.2, 0.25) is 13.1 Å². The van der Waals surface area contributed by atoms with Gasteiger partial charge in [-0.15, -0.1) is 0 Å². The molecule has 0 heterocycles. The highest BCUT2D eigenvalue weighted by molar-refractivity contribution is 6.63. The molecule has 0 fully saturated rings. The fourth-order valence-electron chi connectivity index (χ4n) is 0. The molecule has 0 atom stereocenters. The van der Waals surface area contributed by atoms with Gasteiger partial charge in [0.15, 0.2) is 0 Å². The van der Waals surface area contributed by atoms with Crippen molar-refractivity contribution in [3.8, 4) is 0 Å². The van der Waals surface area contributed by atoms with Crippen LogP contribution >= 0.6 is 0 Å². The number of hydrogen-bond donors (Lipinski definition) is 1. The lowest BCUT2D eigenvalue weighted by Gasteiger charge is -2.00. The van der Waals surface area contributed by atoms with Crippen molar-refractivity contribution < 1.29 is 9.22 Å². The van der Waals surface area contributed by atoms with E-state index in [0.717, 1.165) is 0 Å². The summed E-state index contributed by atoms with van der Waals surface area (Å²) in [5.41, 5.74) is 0. The van der Waals surface area contributed by atoms with Gasteiger partial charge in [-0.2, -0.15) is 0 Å². The molecule has 0 saturated heterocycles. The zero-order valence-corrected chi connectivity index (χ0v) is 5.06. The first-order valence-corrected chi connectivity index (χ1v) is 4.57. The van der Waals surface area contributed by atoms with Gasteiger partial charge in [-0.05, 0) is 13.1 Å². The molecule has 6 heavy (non-hydrogen) atoms. The van der Waals surface area contributed by atoms with Gasteiger partial charge in [-0.25, -0.2) is 4.43 Å². The first-order chi connectivity index (χ1) is 2.56. The largest absolute Gasteiger partial charge is 0.408 e. The van der Waals surface area contributed by atoms with Gasteiger partial charge < -0.3 is 4.80 Å².